The van der Waals surface area contributed by atoms with Crippen LogP contribution >= 0.6 is 0 Å². The van der Waals surface area contributed by atoms with E-state index in [-0.39, 0.29) is 22.4 Å². The third kappa shape index (κ3) is 1.74. The standard InChI is InChI=1S/C16H9F2N3O/c17-10-4-1-3-8-9(7-19-13(8)10)15(22)16-20-12-6-2-5-11(18)14(12)21-16/h1-7,19H,(H,20,21). The summed E-state index contributed by atoms with van der Waals surface area (Å²) >= 11 is 0. The summed E-state index contributed by atoms with van der Waals surface area (Å²) in [6.45, 7) is 0. The van der Waals surface area contributed by atoms with Gasteiger partial charge >= 0.3 is 0 Å². The molecule has 108 valence electrons. The van der Waals surface area contributed by atoms with Crippen molar-refractivity contribution in [2.75, 3.05) is 0 Å². The maximum Gasteiger partial charge on any atom is 0.230 e. The van der Waals surface area contributed by atoms with Crippen LogP contribution in [-0.4, -0.2) is 20.7 Å². The number of carbonyl (C=O) groups excluding carboxylic acids is 1. The number of aromatic nitrogens is 3. The summed E-state index contributed by atoms with van der Waals surface area (Å²) in [5.41, 5.74) is 1.09. The van der Waals surface area contributed by atoms with Crippen LogP contribution in [0.25, 0.3) is 21.9 Å². The highest BCUT2D eigenvalue weighted by molar-refractivity contribution is 6.15. The number of nitrogens with zero attached hydrogens (tertiary/aromatic N) is 1. The lowest BCUT2D eigenvalue weighted by Gasteiger charge is -1.96. The van der Waals surface area contributed by atoms with E-state index >= 15 is 0 Å². The fourth-order valence-corrected chi connectivity index (χ4v) is 2.54. The number of hydrogen-bond acceptors (Lipinski definition) is 2. The summed E-state index contributed by atoms with van der Waals surface area (Å²) in [7, 11) is 0. The Morgan fingerprint density at radius 3 is 2.64 bits per heavy atom. The fourth-order valence-electron chi connectivity index (χ4n) is 2.54. The van der Waals surface area contributed by atoms with Crippen molar-refractivity contribution in [2.24, 2.45) is 0 Å². The molecule has 2 heterocycles. The first-order valence-corrected chi connectivity index (χ1v) is 6.59. The molecular weight excluding hydrogens is 288 g/mol. The molecule has 6 heteroatoms. The van der Waals surface area contributed by atoms with Gasteiger partial charge in [-0.3, -0.25) is 4.79 Å². The maximum absolute atomic E-state index is 13.7. The summed E-state index contributed by atoms with van der Waals surface area (Å²) in [6.07, 6.45) is 1.43. The van der Waals surface area contributed by atoms with Crippen molar-refractivity contribution in [3.05, 3.63) is 65.6 Å². The second-order valence-electron chi connectivity index (χ2n) is 4.92. The van der Waals surface area contributed by atoms with Crippen LogP contribution in [0, 0.1) is 11.6 Å². The number of ketones is 1. The molecule has 2 N–H and O–H groups in total. The topological polar surface area (TPSA) is 61.5 Å². The predicted octanol–water partition coefficient (Wildman–Crippen LogP) is 3.55. The summed E-state index contributed by atoms with van der Waals surface area (Å²) in [5, 5.41) is 0.464. The highest BCUT2D eigenvalue weighted by Gasteiger charge is 2.19. The zero-order chi connectivity index (χ0) is 15.3. The van der Waals surface area contributed by atoms with Crippen molar-refractivity contribution in [1.29, 1.82) is 0 Å². The average Bonchev–Trinajstić information content (AvgIpc) is 3.12. The SMILES string of the molecule is O=C(c1nc2c(F)cccc2[nH]1)c1c[nH]c2c(F)cccc12. The van der Waals surface area contributed by atoms with Crippen molar-refractivity contribution < 1.29 is 13.6 Å². The molecule has 22 heavy (non-hydrogen) atoms. The lowest BCUT2D eigenvalue weighted by atomic mass is 10.1. The number of carbonyl (C=O) groups is 1. The van der Waals surface area contributed by atoms with E-state index in [1.54, 1.807) is 12.1 Å². The molecule has 0 aliphatic carbocycles. The van der Waals surface area contributed by atoms with Crippen molar-refractivity contribution in [3.63, 3.8) is 0 Å². The number of halogens is 2. The summed E-state index contributed by atoms with van der Waals surface area (Å²) in [5.74, 6) is -1.34. The molecule has 0 aliphatic rings. The molecule has 2 aromatic carbocycles. The van der Waals surface area contributed by atoms with Gasteiger partial charge < -0.3 is 9.97 Å². The van der Waals surface area contributed by atoms with Crippen molar-refractivity contribution >= 4 is 27.7 Å². The second-order valence-corrected chi connectivity index (χ2v) is 4.92. The Morgan fingerprint density at radius 1 is 1.05 bits per heavy atom. The maximum atomic E-state index is 13.7. The van der Waals surface area contributed by atoms with Gasteiger partial charge in [0.05, 0.1) is 16.6 Å². The van der Waals surface area contributed by atoms with Crippen LogP contribution in [0.5, 0.6) is 0 Å². The van der Waals surface area contributed by atoms with Gasteiger partial charge in [-0.15, -0.1) is 0 Å². The molecule has 0 amide bonds. The van der Waals surface area contributed by atoms with Gasteiger partial charge in [0.2, 0.25) is 5.78 Å². The van der Waals surface area contributed by atoms with Gasteiger partial charge in [-0.25, -0.2) is 13.8 Å². The third-order valence-corrected chi connectivity index (χ3v) is 3.59. The third-order valence-electron chi connectivity index (χ3n) is 3.59. The van der Waals surface area contributed by atoms with Gasteiger partial charge in [0.15, 0.2) is 11.6 Å². The minimum Gasteiger partial charge on any atom is -0.358 e. The van der Waals surface area contributed by atoms with E-state index in [0.29, 0.717) is 10.9 Å². The number of nitrogens with one attached hydrogen (secondary N) is 2. The van der Waals surface area contributed by atoms with Crippen molar-refractivity contribution in [3.8, 4) is 0 Å². The van der Waals surface area contributed by atoms with Crippen molar-refractivity contribution in [1.82, 2.24) is 15.0 Å². The van der Waals surface area contributed by atoms with E-state index in [1.165, 1.54) is 30.5 Å². The number of hydrogen-bond donors (Lipinski definition) is 2. The van der Waals surface area contributed by atoms with Crippen LogP contribution in [0.4, 0.5) is 8.78 Å². The number of benzene rings is 2. The monoisotopic (exact) mass is 297 g/mol. The number of imidazole rings is 1. The predicted molar refractivity (Wildman–Crippen MR) is 77.7 cm³/mol. The van der Waals surface area contributed by atoms with Gasteiger partial charge in [0.1, 0.15) is 11.3 Å². The van der Waals surface area contributed by atoms with E-state index in [9.17, 15) is 13.6 Å². The van der Waals surface area contributed by atoms with Crippen LogP contribution in [0.3, 0.4) is 0 Å². The smallest absolute Gasteiger partial charge is 0.230 e. The molecule has 0 saturated carbocycles. The van der Waals surface area contributed by atoms with E-state index < -0.39 is 17.4 Å². The molecule has 0 atom stereocenters. The minimum absolute atomic E-state index is 0.0188. The average molecular weight is 297 g/mol. The first kappa shape index (κ1) is 12.7. The Hall–Kier alpha value is -3.02. The zero-order valence-electron chi connectivity index (χ0n) is 11.2. The summed E-state index contributed by atoms with van der Waals surface area (Å²) in [6, 6.07) is 8.93. The van der Waals surface area contributed by atoms with Crippen LogP contribution < -0.4 is 0 Å². The molecule has 0 aliphatic heterocycles. The number of H-pyrrole nitrogens is 2. The first-order chi connectivity index (χ1) is 10.6. The molecule has 0 spiro atoms. The molecule has 4 nitrogen and oxygen atoms in total. The zero-order valence-corrected chi connectivity index (χ0v) is 11.2. The van der Waals surface area contributed by atoms with Gasteiger partial charge in [-0.1, -0.05) is 18.2 Å². The van der Waals surface area contributed by atoms with E-state index in [2.05, 4.69) is 15.0 Å². The fraction of sp³-hybridized carbons (Fsp3) is 0. The Morgan fingerprint density at radius 2 is 1.82 bits per heavy atom. The number of fused-ring (bicyclic) bond motifs is 2. The lowest BCUT2D eigenvalue weighted by molar-refractivity contribution is 0.103. The largest absolute Gasteiger partial charge is 0.358 e. The number of para-hydroxylation sites is 2. The van der Waals surface area contributed by atoms with Crippen LogP contribution in [-0.2, 0) is 0 Å². The Balaban J connectivity index is 1.88. The summed E-state index contributed by atoms with van der Waals surface area (Å²) in [4.78, 5) is 22.1. The molecular formula is C16H9F2N3O. The molecule has 0 saturated heterocycles. The second kappa shape index (κ2) is 4.49. The molecule has 0 unspecified atom stereocenters. The van der Waals surface area contributed by atoms with Gasteiger partial charge in [0, 0.05) is 11.6 Å². The Labute approximate surface area is 122 Å². The van der Waals surface area contributed by atoms with E-state index in [4.69, 9.17) is 0 Å². The number of rotatable bonds is 2. The molecule has 4 rings (SSSR count). The highest BCUT2D eigenvalue weighted by atomic mass is 19.1. The molecule has 0 bridgehead atoms. The minimum atomic E-state index is -0.502. The molecule has 0 fully saturated rings. The van der Waals surface area contributed by atoms with Gasteiger partial charge in [0.25, 0.3) is 0 Å². The van der Waals surface area contributed by atoms with Crippen LogP contribution in [0.1, 0.15) is 16.2 Å². The highest BCUT2D eigenvalue weighted by Crippen LogP contribution is 2.23. The first-order valence-electron chi connectivity index (χ1n) is 6.59. The van der Waals surface area contributed by atoms with Gasteiger partial charge in [-0.2, -0.15) is 0 Å². The van der Waals surface area contributed by atoms with Gasteiger partial charge in [-0.05, 0) is 18.2 Å². The van der Waals surface area contributed by atoms with E-state index in [1.807, 2.05) is 0 Å². The van der Waals surface area contributed by atoms with Crippen LogP contribution in [0.2, 0.25) is 0 Å². The van der Waals surface area contributed by atoms with Crippen LogP contribution in [0.15, 0.2) is 42.6 Å². The lowest BCUT2D eigenvalue weighted by Crippen LogP contribution is -2.02. The Kier molecular flexibility index (Phi) is 2.59. The molecule has 4 aromatic rings. The quantitative estimate of drug-likeness (QED) is 0.556. The summed E-state index contributed by atoms with van der Waals surface area (Å²) < 4.78 is 27.3. The molecule has 0 radical (unpaired) electrons. The molecule has 2 aromatic heterocycles. The normalized spacial score (nSPS) is 11.4. The number of aromatic amines is 2. The van der Waals surface area contributed by atoms with E-state index in [0.717, 1.165) is 0 Å². The van der Waals surface area contributed by atoms with Crippen molar-refractivity contribution in [2.45, 2.75) is 0 Å². The Bertz CT molecular complexity index is 1030.